The number of rotatable bonds is 5. The van der Waals surface area contributed by atoms with Gasteiger partial charge in [-0.3, -0.25) is 0 Å². The lowest BCUT2D eigenvalue weighted by molar-refractivity contribution is 0.276. The number of nitrogens with zero attached hydrogens (tertiary/aromatic N) is 6. The molecule has 0 saturated carbocycles. The Morgan fingerprint density at radius 3 is 3.03 bits per heavy atom. The topological polar surface area (TPSA) is 105 Å². The Morgan fingerprint density at radius 2 is 2.12 bits per heavy atom. The van der Waals surface area contributed by atoms with E-state index in [1.165, 1.54) is 11.3 Å². The van der Waals surface area contributed by atoms with Gasteiger partial charge in [0.05, 0.1) is 19.0 Å². The Kier molecular flexibility index (Phi) is 4.74. The van der Waals surface area contributed by atoms with E-state index in [0.29, 0.717) is 17.9 Å². The zero-order chi connectivity index (χ0) is 22.4. The molecule has 3 N–H and O–H groups in total. The second-order valence-electron chi connectivity index (χ2n) is 7.91. The minimum Gasteiger partial charge on any atom is -0.395 e. The van der Waals surface area contributed by atoms with Crippen LogP contribution >= 0.6 is 0 Å². The Labute approximate surface area is 187 Å². The summed E-state index contributed by atoms with van der Waals surface area (Å²) >= 11 is 0. The molecule has 0 atom stereocenters. The van der Waals surface area contributed by atoms with E-state index in [4.69, 9.17) is 0 Å². The molecule has 1 aliphatic rings. The third kappa shape index (κ3) is 3.31. The predicted octanol–water partition coefficient (Wildman–Crippen LogP) is 2.66. The molecule has 166 valence electrons. The monoisotopic (exact) mass is 444 g/mol. The zero-order valence-electron chi connectivity index (χ0n) is 17.7. The van der Waals surface area contributed by atoms with Gasteiger partial charge in [0, 0.05) is 54.5 Å². The summed E-state index contributed by atoms with van der Waals surface area (Å²) < 4.78 is 18.4. The van der Waals surface area contributed by atoms with Gasteiger partial charge < -0.3 is 20.3 Å². The number of anilines is 2. The summed E-state index contributed by atoms with van der Waals surface area (Å²) in [6, 6.07) is 9.59. The van der Waals surface area contributed by atoms with Crippen molar-refractivity contribution in [1.82, 2.24) is 34.4 Å². The van der Waals surface area contributed by atoms with Gasteiger partial charge in [0.2, 0.25) is 5.95 Å². The molecule has 0 radical (unpaired) electrons. The minimum absolute atomic E-state index is 0.0913. The molecule has 0 unspecified atom stereocenters. The van der Waals surface area contributed by atoms with Gasteiger partial charge in [-0.1, -0.05) is 0 Å². The summed E-state index contributed by atoms with van der Waals surface area (Å²) in [6.07, 6.45) is 5.23. The van der Waals surface area contributed by atoms with Crippen molar-refractivity contribution in [2.75, 3.05) is 18.5 Å². The van der Waals surface area contributed by atoms with Crippen LogP contribution < -0.4 is 10.6 Å². The van der Waals surface area contributed by atoms with Crippen LogP contribution in [0.2, 0.25) is 0 Å². The molecule has 1 aromatic carbocycles. The van der Waals surface area contributed by atoms with Crippen LogP contribution in [-0.2, 0) is 19.5 Å². The van der Waals surface area contributed by atoms with Gasteiger partial charge in [0.25, 0.3) is 0 Å². The SMILES string of the molecule is OCCn1c2c(c3cc(Nc4ncc(F)c(-c5cnc6cccnn56)n4)ccc31)CNCC2. The third-order valence-corrected chi connectivity index (χ3v) is 5.97. The molecular weight excluding hydrogens is 423 g/mol. The molecule has 0 fully saturated rings. The van der Waals surface area contributed by atoms with Gasteiger partial charge in [0.15, 0.2) is 11.5 Å². The Morgan fingerprint density at radius 1 is 1.18 bits per heavy atom. The van der Waals surface area contributed by atoms with Crippen LogP contribution in [0, 0.1) is 5.82 Å². The van der Waals surface area contributed by atoms with Crippen molar-refractivity contribution < 1.29 is 9.50 Å². The van der Waals surface area contributed by atoms with Crippen molar-refractivity contribution in [3.05, 3.63) is 66.0 Å². The molecule has 5 heterocycles. The Balaban J connectivity index is 1.39. The highest BCUT2D eigenvalue weighted by atomic mass is 19.1. The summed E-state index contributed by atoms with van der Waals surface area (Å²) in [5.74, 6) is -0.275. The number of nitrogens with one attached hydrogen (secondary N) is 2. The summed E-state index contributed by atoms with van der Waals surface area (Å²) in [5.41, 5.74) is 5.56. The maximum Gasteiger partial charge on any atom is 0.227 e. The first-order chi connectivity index (χ1) is 16.2. The number of aromatic nitrogens is 6. The first kappa shape index (κ1) is 19.8. The van der Waals surface area contributed by atoms with Crippen LogP contribution in [0.4, 0.5) is 16.0 Å². The molecule has 0 aliphatic carbocycles. The van der Waals surface area contributed by atoms with Gasteiger partial charge >= 0.3 is 0 Å². The number of aliphatic hydroxyl groups is 1. The average molecular weight is 444 g/mol. The molecule has 0 amide bonds. The van der Waals surface area contributed by atoms with Crippen molar-refractivity contribution >= 4 is 28.2 Å². The van der Waals surface area contributed by atoms with Gasteiger partial charge in [-0.25, -0.2) is 23.9 Å². The molecule has 5 aromatic rings. The molecule has 10 heteroatoms. The molecule has 1 aliphatic heterocycles. The molecule has 4 aromatic heterocycles. The molecule has 0 saturated heterocycles. The predicted molar refractivity (Wildman–Crippen MR) is 122 cm³/mol. The smallest absolute Gasteiger partial charge is 0.227 e. The maximum absolute atomic E-state index is 14.6. The quantitative estimate of drug-likeness (QED) is 0.383. The Bertz CT molecular complexity index is 1490. The highest BCUT2D eigenvalue weighted by Crippen LogP contribution is 2.32. The van der Waals surface area contributed by atoms with Gasteiger partial charge in [0.1, 0.15) is 11.4 Å². The highest BCUT2D eigenvalue weighted by Gasteiger charge is 2.20. The van der Waals surface area contributed by atoms with Crippen LogP contribution in [0.5, 0.6) is 0 Å². The van der Waals surface area contributed by atoms with E-state index in [1.807, 2.05) is 12.1 Å². The van der Waals surface area contributed by atoms with E-state index >= 15 is 0 Å². The van der Waals surface area contributed by atoms with Gasteiger partial charge in [-0.2, -0.15) is 5.10 Å². The molecule has 6 rings (SSSR count). The highest BCUT2D eigenvalue weighted by molar-refractivity contribution is 5.89. The zero-order valence-corrected chi connectivity index (χ0v) is 17.7. The van der Waals surface area contributed by atoms with Crippen LogP contribution in [0.1, 0.15) is 11.3 Å². The van der Waals surface area contributed by atoms with Crippen LogP contribution in [0.15, 0.2) is 48.9 Å². The number of imidazole rings is 1. The molecular formula is C23H21FN8O. The van der Waals surface area contributed by atoms with Gasteiger partial charge in [-0.15, -0.1) is 0 Å². The van der Waals surface area contributed by atoms with Crippen LogP contribution in [0.3, 0.4) is 0 Å². The average Bonchev–Trinajstić information content (AvgIpc) is 3.40. The van der Waals surface area contributed by atoms with E-state index in [-0.39, 0.29) is 18.2 Å². The van der Waals surface area contributed by atoms with Gasteiger partial charge in [-0.05, 0) is 35.9 Å². The fourth-order valence-electron chi connectivity index (χ4n) is 4.54. The third-order valence-electron chi connectivity index (χ3n) is 5.97. The minimum atomic E-state index is -0.551. The number of benzene rings is 1. The Hall–Kier alpha value is -3.89. The maximum atomic E-state index is 14.6. The number of hydrogen-bond acceptors (Lipinski definition) is 7. The number of aliphatic hydroxyl groups excluding tert-OH is 1. The number of fused-ring (bicyclic) bond motifs is 4. The first-order valence-electron chi connectivity index (χ1n) is 10.8. The van der Waals surface area contributed by atoms with E-state index in [1.54, 1.807) is 29.0 Å². The molecule has 9 nitrogen and oxygen atoms in total. The largest absolute Gasteiger partial charge is 0.395 e. The summed E-state index contributed by atoms with van der Waals surface area (Å²) in [4.78, 5) is 12.8. The summed E-state index contributed by atoms with van der Waals surface area (Å²) in [7, 11) is 0. The summed E-state index contributed by atoms with van der Waals surface area (Å²) in [6.45, 7) is 2.36. The lowest BCUT2D eigenvalue weighted by Gasteiger charge is -2.16. The molecule has 0 spiro atoms. The first-order valence-corrected chi connectivity index (χ1v) is 10.8. The molecule has 0 bridgehead atoms. The standard InChI is InChI=1S/C23H21FN8O/c24-17-12-27-23(30-22(17)20-13-26-21-2-1-6-28-32(20)21)29-14-3-4-18-15(10-14)16-11-25-7-5-19(16)31(18)8-9-33/h1-4,6,10,12-13,25,33H,5,7-9,11H2,(H,27,29,30). The summed E-state index contributed by atoms with van der Waals surface area (Å²) in [5, 5.41) is 21.5. The van der Waals surface area contributed by atoms with Crippen LogP contribution in [-0.4, -0.2) is 47.4 Å². The van der Waals surface area contributed by atoms with E-state index in [0.717, 1.165) is 42.3 Å². The van der Waals surface area contributed by atoms with Crippen molar-refractivity contribution in [1.29, 1.82) is 0 Å². The lowest BCUT2D eigenvalue weighted by Crippen LogP contribution is -2.25. The van der Waals surface area contributed by atoms with Crippen LogP contribution in [0.25, 0.3) is 27.9 Å². The van der Waals surface area contributed by atoms with E-state index < -0.39 is 5.82 Å². The normalized spacial score (nSPS) is 13.5. The lowest BCUT2D eigenvalue weighted by atomic mass is 10.1. The second kappa shape index (κ2) is 7.91. The van der Waals surface area contributed by atoms with Crippen molar-refractivity contribution in [3.8, 4) is 11.4 Å². The second-order valence-corrected chi connectivity index (χ2v) is 7.91. The van der Waals surface area contributed by atoms with Crippen molar-refractivity contribution in [2.24, 2.45) is 0 Å². The van der Waals surface area contributed by atoms with Crippen molar-refractivity contribution in [2.45, 2.75) is 19.5 Å². The number of halogens is 1. The fourth-order valence-corrected chi connectivity index (χ4v) is 4.54. The molecule has 33 heavy (non-hydrogen) atoms. The van der Waals surface area contributed by atoms with E-state index in [9.17, 15) is 9.50 Å². The van der Waals surface area contributed by atoms with E-state index in [2.05, 4.69) is 41.3 Å². The fraction of sp³-hybridized carbons (Fsp3) is 0.217. The van der Waals surface area contributed by atoms with Crippen molar-refractivity contribution in [3.63, 3.8) is 0 Å². The number of hydrogen-bond donors (Lipinski definition) is 3.